The van der Waals surface area contributed by atoms with Crippen molar-refractivity contribution in [1.29, 1.82) is 0 Å². The van der Waals surface area contributed by atoms with E-state index < -0.39 is 0 Å². The van der Waals surface area contributed by atoms with Crippen molar-refractivity contribution in [3.05, 3.63) is 0 Å². The summed E-state index contributed by atoms with van der Waals surface area (Å²) in [6, 6.07) is -0.387. The zero-order valence-corrected chi connectivity index (χ0v) is 6.97. The Labute approximate surface area is 65.7 Å². The summed E-state index contributed by atoms with van der Waals surface area (Å²) in [7, 11) is 1.58. The zero-order chi connectivity index (χ0) is 8.85. The lowest BCUT2D eigenvalue weighted by molar-refractivity contribution is -0.118. The smallest absolute Gasteiger partial charge is 0.275 e. The molecule has 1 heterocycles. The van der Waals surface area contributed by atoms with E-state index in [1.165, 1.54) is 5.01 Å². The first-order valence-corrected chi connectivity index (χ1v) is 3.53. The molecule has 0 bridgehead atoms. The fourth-order valence-electron chi connectivity index (χ4n) is 0.622. The number of nitrogens with one attached hydrogen (secondary N) is 2. The van der Waals surface area contributed by atoms with E-state index in [-0.39, 0.29) is 18.5 Å². The van der Waals surface area contributed by atoms with E-state index in [1.807, 2.05) is 13.8 Å². The minimum absolute atomic E-state index is 0.106. The largest absolute Gasteiger partial charge is 0.338 e. The molecule has 0 saturated carbocycles. The summed E-state index contributed by atoms with van der Waals surface area (Å²) in [6.07, 6.45) is 0. The van der Waals surface area contributed by atoms with E-state index in [2.05, 4.69) is 10.7 Å². The number of hydrogen-bond donors (Lipinski definition) is 2. The Kier molecular flexibility index (Phi) is 4.21. The number of nitrogens with zero attached hydrogens (tertiary/aromatic N) is 1. The quantitative estimate of drug-likeness (QED) is 0.516. The Hall–Kier alpha value is -1.10. The third kappa shape index (κ3) is 2.55. The molecule has 0 aromatic heterocycles. The van der Waals surface area contributed by atoms with Gasteiger partial charge < -0.3 is 0 Å². The molecule has 1 saturated heterocycles. The Morgan fingerprint density at radius 3 is 2.18 bits per heavy atom. The highest BCUT2D eigenvalue weighted by Crippen LogP contribution is 1.90. The first-order valence-electron chi connectivity index (χ1n) is 3.53. The van der Waals surface area contributed by atoms with Crippen molar-refractivity contribution in [1.82, 2.24) is 15.8 Å². The predicted octanol–water partition coefficient (Wildman–Crippen LogP) is -0.301. The van der Waals surface area contributed by atoms with Crippen molar-refractivity contribution >= 4 is 11.9 Å². The molecule has 2 N–H and O–H groups in total. The van der Waals surface area contributed by atoms with Gasteiger partial charge in [-0.2, -0.15) is 0 Å². The fourth-order valence-corrected chi connectivity index (χ4v) is 0.622. The molecule has 1 fully saturated rings. The third-order valence-corrected chi connectivity index (χ3v) is 1.06. The van der Waals surface area contributed by atoms with Crippen molar-refractivity contribution in [3.63, 3.8) is 0 Å². The maximum absolute atomic E-state index is 10.5. The highest BCUT2D eigenvalue weighted by molar-refractivity contribution is 6.01. The van der Waals surface area contributed by atoms with Gasteiger partial charge in [0.15, 0.2) is 0 Å². The molecule has 0 spiro atoms. The number of rotatable bonds is 1. The van der Waals surface area contributed by atoms with Crippen LogP contribution in [0.15, 0.2) is 0 Å². The van der Waals surface area contributed by atoms with E-state index in [9.17, 15) is 9.59 Å². The number of imide groups is 1. The standard InChI is InChI=1S/C4H7N3O2.C2H6/c1-5-7-2-3(8)6-4(7)9;1-2/h5H,2H2,1H3,(H,6,8,9);1-2H3. The maximum atomic E-state index is 10.5. The summed E-state index contributed by atoms with van der Waals surface area (Å²) in [5.74, 6) is -0.269. The first kappa shape index (κ1) is 9.90. The van der Waals surface area contributed by atoms with Crippen molar-refractivity contribution in [2.24, 2.45) is 0 Å². The monoisotopic (exact) mass is 159 g/mol. The topological polar surface area (TPSA) is 61.4 Å². The average Bonchev–Trinajstić information content (AvgIpc) is 2.33. The minimum atomic E-state index is -0.387. The Morgan fingerprint density at radius 1 is 1.45 bits per heavy atom. The van der Waals surface area contributed by atoms with Gasteiger partial charge in [0.25, 0.3) is 0 Å². The molecule has 0 atom stereocenters. The predicted molar refractivity (Wildman–Crippen MR) is 40.7 cm³/mol. The van der Waals surface area contributed by atoms with Gasteiger partial charge in [-0.05, 0) is 0 Å². The molecule has 0 aliphatic carbocycles. The van der Waals surface area contributed by atoms with Crippen molar-refractivity contribution < 1.29 is 9.59 Å². The van der Waals surface area contributed by atoms with Crippen LogP contribution in [-0.2, 0) is 4.79 Å². The molecule has 64 valence electrons. The van der Waals surface area contributed by atoms with E-state index in [4.69, 9.17) is 0 Å². The third-order valence-electron chi connectivity index (χ3n) is 1.06. The Morgan fingerprint density at radius 2 is 2.00 bits per heavy atom. The van der Waals surface area contributed by atoms with Gasteiger partial charge in [-0.1, -0.05) is 13.8 Å². The van der Waals surface area contributed by atoms with E-state index in [0.717, 1.165) is 0 Å². The van der Waals surface area contributed by atoms with Gasteiger partial charge in [-0.3, -0.25) is 15.1 Å². The summed E-state index contributed by atoms with van der Waals surface area (Å²) in [4.78, 5) is 21.0. The van der Waals surface area contributed by atoms with Gasteiger partial charge in [-0.15, -0.1) is 0 Å². The molecule has 0 radical (unpaired) electrons. The van der Waals surface area contributed by atoms with Gasteiger partial charge >= 0.3 is 6.03 Å². The number of amides is 3. The highest BCUT2D eigenvalue weighted by Gasteiger charge is 2.24. The lowest BCUT2D eigenvalue weighted by Gasteiger charge is -2.08. The van der Waals surface area contributed by atoms with Crippen LogP contribution in [0.1, 0.15) is 13.8 Å². The van der Waals surface area contributed by atoms with Crippen molar-refractivity contribution in [2.75, 3.05) is 13.6 Å². The van der Waals surface area contributed by atoms with E-state index in [1.54, 1.807) is 7.05 Å². The minimum Gasteiger partial charge on any atom is -0.275 e. The molecule has 3 amide bonds. The molecule has 5 heteroatoms. The van der Waals surface area contributed by atoms with Crippen LogP contribution in [0.3, 0.4) is 0 Å². The number of carbonyl (C=O) groups is 2. The molecule has 11 heavy (non-hydrogen) atoms. The molecular formula is C6H13N3O2. The summed E-state index contributed by atoms with van der Waals surface area (Å²) >= 11 is 0. The van der Waals surface area contributed by atoms with Crippen LogP contribution in [0.25, 0.3) is 0 Å². The van der Waals surface area contributed by atoms with Gasteiger partial charge in [0.1, 0.15) is 6.54 Å². The first-order chi connectivity index (χ1) is 5.24. The van der Waals surface area contributed by atoms with Gasteiger partial charge in [0.2, 0.25) is 5.91 Å². The van der Waals surface area contributed by atoms with Gasteiger partial charge in [0.05, 0.1) is 0 Å². The number of carbonyl (C=O) groups excluding carboxylic acids is 2. The lowest BCUT2D eigenvalue weighted by atomic mass is 10.6. The maximum Gasteiger partial charge on any atom is 0.338 e. The summed E-state index contributed by atoms with van der Waals surface area (Å²) < 4.78 is 0. The fraction of sp³-hybridized carbons (Fsp3) is 0.667. The second kappa shape index (κ2) is 4.68. The zero-order valence-electron chi connectivity index (χ0n) is 6.97. The Balaban J connectivity index is 0.000000461. The number of hydrogen-bond acceptors (Lipinski definition) is 3. The normalized spacial score (nSPS) is 15.7. The molecule has 1 aliphatic heterocycles. The van der Waals surface area contributed by atoms with Crippen LogP contribution < -0.4 is 10.7 Å². The van der Waals surface area contributed by atoms with Crippen molar-refractivity contribution in [3.8, 4) is 0 Å². The van der Waals surface area contributed by atoms with Crippen LogP contribution in [-0.4, -0.2) is 30.5 Å². The number of urea groups is 1. The highest BCUT2D eigenvalue weighted by atomic mass is 16.2. The molecule has 0 unspecified atom stereocenters. The molecular weight excluding hydrogens is 146 g/mol. The van der Waals surface area contributed by atoms with E-state index >= 15 is 0 Å². The van der Waals surface area contributed by atoms with Crippen LogP contribution in [0.2, 0.25) is 0 Å². The molecule has 1 rings (SSSR count). The second-order valence-corrected chi connectivity index (χ2v) is 1.66. The SMILES string of the molecule is CC.CNN1CC(=O)NC1=O. The van der Waals surface area contributed by atoms with Crippen LogP contribution in [0, 0.1) is 0 Å². The van der Waals surface area contributed by atoms with Crippen LogP contribution >= 0.6 is 0 Å². The number of hydrazine groups is 1. The van der Waals surface area contributed by atoms with Gasteiger partial charge in [-0.25, -0.2) is 10.2 Å². The summed E-state index contributed by atoms with van der Waals surface area (Å²) in [5, 5.41) is 3.30. The van der Waals surface area contributed by atoms with Crippen LogP contribution in [0.4, 0.5) is 4.79 Å². The van der Waals surface area contributed by atoms with Crippen molar-refractivity contribution in [2.45, 2.75) is 13.8 Å². The Bertz CT molecular complexity index is 158. The van der Waals surface area contributed by atoms with E-state index in [0.29, 0.717) is 0 Å². The molecule has 1 aliphatic rings. The molecule has 5 nitrogen and oxygen atoms in total. The lowest BCUT2D eigenvalue weighted by Crippen LogP contribution is -2.37. The average molecular weight is 159 g/mol. The summed E-state index contributed by atoms with van der Waals surface area (Å²) in [5.41, 5.74) is 2.54. The van der Waals surface area contributed by atoms with Gasteiger partial charge in [0, 0.05) is 7.05 Å². The molecule has 0 aromatic carbocycles. The second-order valence-electron chi connectivity index (χ2n) is 1.66. The summed E-state index contributed by atoms with van der Waals surface area (Å²) in [6.45, 7) is 4.11. The molecule has 0 aromatic rings. The van der Waals surface area contributed by atoms with Crippen LogP contribution in [0.5, 0.6) is 0 Å².